The Kier molecular flexibility index (Phi) is 4.42. The van der Waals surface area contributed by atoms with Gasteiger partial charge in [-0.25, -0.2) is 9.67 Å². The van der Waals surface area contributed by atoms with Crippen LogP contribution in [-0.4, -0.2) is 38.1 Å². The molecule has 3 rings (SSSR count). The van der Waals surface area contributed by atoms with Crippen LogP contribution in [-0.2, 0) is 9.53 Å². The maximum absolute atomic E-state index is 12.1. The topological polar surface area (TPSA) is 89.9 Å². The van der Waals surface area contributed by atoms with E-state index in [0.29, 0.717) is 22.8 Å². The van der Waals surface area contributed by atoms with Crippen LogP contribution in [0.25, 0.3) is 16.7 Å². The molecule has 1 N–H and O–H groups in total. The van der Waals surface area contributed by atoms with E-state index in [1.165, 1.54) is 6.20 Å². The van der Waals surface area contributed by atoms with E-state index in [0.717, 1.165) is 17.4 Å². The number of nitrogens with one attached hydrogen (secondary N) is 1. The highest BCUT2D eigenvalue weighted by Gasteiger charge is 2.12. The molecule has 0 bridgehead atoms. The number of hydrogen-bond acceptors (Lipinski definition) is 6. The molecule has 0 spiro atoms. The van der Waals surface area contributed by atoms with Crippen molar-refractivity contribution in [1.82, 2.24) is 19.7 Å². The number of aromatic nitrogens is 4. The number of nitrogens with zero attached hydrogens (tertiary/aromatic N) is 3. The molecule has 8 heteroatoms. The second kappa shape index (κ2) is 6.66. The van der Waals surface area contributed by atoms with Crippen LogP contribution in [0.1, 0.15) is 6.92 Å². The predicted octanol–water partition coefficient (Wildman–Crippen LogP) is 1.76. The molecule has 0 aliphatic rings. The number of carbonyl (C=O) groups excluding carboxylic acids is 1. The van der Waals surface area contributed by atoms with Crippen LogP contribution in [0.3, 0.4) is 0 Å². The van der Waals surface area contributed by atoms with Gasteiger partial charge in [0.15, 0.2) is 10.8 Å². The fraction of sp³-hybridized carbons (Fsp3) is 0.200. The van der Waals surface area contributed by atoms with E-state index in [1.807, 2.05) is 30.3 Å². The summed E-state index contributed by atoms with van der Waals surface area (Å²) < 4.78 is 6.46. The molecular formula is C15H14N4O3S. The van der Waals surface area contributed by atoms with E-state index >= 15 is 0 Å². The summed E-state index contributed by atoms with van der Waals surface area (Å²) in [5, 5.41) is 4.98. The second-order valence-electron chi connectivity index (χ2n) is 4.59. The SMILES string of the molecule is CCOC(=O)CSc1nc2c(cnn2-c2ccccc2)c(=O)[nH]1. The van der Waals surface area contributed by atoms with Crippen LogP contribution in [0.2, 0.25) is 0 Å². The summed E-state index contributed by atoms with van der Waals surface area (Å²) in [5.41, 5.74) is 0.969. The number of thioether (sulfide) groups is 1. The molecule has 0 saturated carbocycles. The maximum Gasteiger partial charge on any atom is 0.316 e. The Morgan fingerprint density at radius 3 is 2.87 bits per heavy atom. The Bertz CT molecular complexity index is 889. The van der Waals surface area contributed by atoms with Crippen molar-refractivity contribution in [3.05, 3.63) is 46.9 Å². The summed E-state index contributed by atoms with van der Waals surface area (Å²) in [6.07, 6.45) is 1.48. The molecule has 0 unspecified atom stereocenters. The van der Waals surface area contributed by atoms with Crippen molar-refractivity contribution >= 4 is 28.8 Å². The van der Waals surface area contributed by atoms with Crippen LogP contribution >= 0.6 is 11.8 Å². The summed E-state index contributed by atoms with van der Waals surface area (Å²) in [5.74, 6) is -0.265. The number of hydrogen-bond donors (Lipinski definition) is 1. The van der Waals surface area contributed by atoms with Gasteiger partial charge in [0.2, 0.25) is 0 Å². The molecule has 23 heavy (non-hydrogen) atoms. The van der Waals surface area contributed by atoms with Crippen LogP contribution in [0, 0.1) is 0 Å². The summed E-state index contributed by atoms with van der Waals surface area (Å²) in [6, 6.07) is 9.41. The molecule has 2 aromatic heterocycles. The monoisotopic (exact) mass is 330 g/mol. The van der Waals surface area contributed by atoms with Crippen LogP contribution in [0.5, 0.6) is 0 Å². The molecule has 7 nitrogen and oxygen atoms in total. The molecule has 0 atom stereocenters. The molecule has 0 fully saturated rings. The fourth-order valence-corrected chi connectivity index (χ4v) is 2.71. The number of rotatable bonds is 5. The zero-order chi connectivity index (χ0) is 16.2. The molecule has 0 saturated heterocycles. The third kappa shape index (κ3) is 3.26. The average Bonchev–Trinajstić information content (AvgIpc) is 2.98. The number of esters is 1. The number of ether oxygens (including phenoxy) is 1. The van der Waals surface area contributed by atoms with Gasteiger partial charge >= 0.3 is 5.97 Å². The molecule has 0 aliphatic heterocycles. The molecular weight excluding hydrogens is 316 g/mol. The largest absolute Gasteiger partial charge is 0.465 e. The predicted molar refractivity (Wildman–Crippen MR) is 86.8 cm³/mol. The summed E-state index contributed by atoms with van der Waals surface area (Å²) in [4.78, 5) is 30.6. The number of H-pyrrole nitrogens is 1. The first kappa shape index (κ1) is 15.3. The van der Waals surface area contributed by atoms with Gasteiger partial charge in [-0.15, -0.1) is 0 Å². The second-order valence-corrected chi connectivity index (χ2v) is 5.56. The highest BCUT2D eigenvalue weighted by atomic mass is 32.2. The minimum Gasteiger partial charge on any atom is -0.465 e. The lowest BCUT2D eigenvalue weighted by Gasteiger charge is -2.04. The van der Waals surface area contributed by atoms with Crippen molar-refractivity contribution < 1.29 is 9.53 Å². The highest BCUT2D eigenvalue weighted by molar-refractivity contribution is 7.99. The minimum absolute atomic E-state index is 0.0851. The number of fused-ring (bicyclic) bond motifs is 1. The van der Waals surface area contributed by atoms with Gasteiger partial charge in [0, 0.05) is 0 Å². The third-order valence-electron chi connectivity index (χ3n) is 3.05. The van der Waals surface area contributed by atoms with E-state index in [4.69, 9.17) is 4.74 Å². The smallest absolute Gasteiger partial charge is 0.316 e. The quantitative estimate of drug-likeness (QED) is 0.435. The lowest BCUT2D eigenvalue weighted by atomic mass is 10.3. The van der Waals surface area contributed by atoms with Crippen molar-refractivity contribution in [2.24, 2.45) is 0 Å². The van der Waals surface area contributed by atoms with Crippen LogP contribution < -0.4 is 5.56 Å². The Morgan fingerprint density at radius 2 is 2.13 bits per heavy atom. The van der Waals surface area contributed by atoms with Crippen molar-refractivity contribution in [3.63, 3.8) is 0 Å². The summed E-state index contributed by atoms with van der Waals surface area (Å²) in [7, 11) is 0. The Labute approximate surface area is 135 Å². The van der Waals surface area contributed by atoms with Crippen LogP contribution in [0.15, 0.2) is 46.5 Å². The summed E-state index contributed by atoms with van der Waals surface area (Å²) >= 11 is 1.12. The average molecular weight is 330 g/mol. The zero-order valence-corrected chi connectivity index (χ0v) is 13.2. The van der Waals surface area contributed by atoms with Gasteiger partial charge in [-0.05, 0) is 19.1 Å². The normalized spacial score (nSPS) is 10.8. The molecule has 118 valence electrons. The van der Waals surface area contributed by atoms with Gasteiger partial charge in [0.1, 0.15) is 5.39 Å². The minimum atomic E-state index is -0.350. The first-order chi connectivity index (χ1) is 11.2. The standard InChI is InChI=1S/C15H14N4O3S/c1-2-22-12(20)9-23-15-17-13-11(14(21)18-15)8-16-19(13)10-6-4-3-5-7-10/h3-8H,2,9H2,1H3,(H,17,18,21). The summed E-state index contributed by atoms with van der Waals surface area (Å²) in [6.45, 7) is 2.07. The number of benzene rings is 1. The van der Waals surface area contributed by atoms with E-state index in [-0.39, 0.29) is 17.3 Å². The van der Waals surface area contributed by atoms with Crippen molar-refractivity contribution in [1.29, 1.82) is 0 Å². The Morgan fingerprint density at radius 1 is 1.35 bits per heavy atom. The van der Waals surface area contributed by atoms with Crippen molar-refractivity contribution in [2.75, 3.05) is 12.4 Å². The van der Waals surface area contributed by atoms with Crippen molar-refractivity contribution in [2.45, 2.75) is 12.1 Å². The Hall–Kier alpha value is -2.61. The molecule has 3 aromatic rings. The van der Waals surface area contributed by atoms with Crippen molar-refractivity contribution in [3.8, 4) is 5.69 Å². The van der Waals surface area contributed by atoms with Gasteiger partial charge in [-0.2, -0.15) is 5.10 Å². The van der Waals surface area contributed by atoms with Gasteiger partial charge in [-0.3, -0.25) is 9.59 Å². The Balaban J connectivity index is 1.96. The highest BCUT2D eigenvalue weighted by Crippen LogP contribution is 2.17. The lowest BCUT2D eigenvalue weighted by molar-refractivity contribution is -0.139. The first-order valence-corrected chi connectivity index (χ1v) is 7.99. The van der Waals surface area contributed by atoms with Gasteiger partial charge in [-0.1, -0.05) is 30.0 Å². The molecule has 1 aromatic carbocycles. The fourth-order valence-electron chi connectivity index (χ4n) is 2.05. The van der Waals surface area contributed by atoms with Crippen LogP contribution in [0.4, 0.5) is 0 Å². The number of para-hydroxylation sites is 1. The lowest BCUT2D eigenvalue weighted by Crippen LogP contribution is -2.12. The first-order valence-electron chi connectivity index (χ1n) is 7.01. The molecule has 0 radical (unpaired) electrons. The molecule has 0 amide bonds. The van der Waals surface area contributed by atoms with Gasteiger partial charge < -0.3 is 9.72 Å². The van der Waals surface area contributed by atoms with E-state index in [1.54, 1.807) is 11.6 Å². The van der Waals surface area contributed by atoms with E-state index < -0.39 is 0 Å². The number of carbonyl (C=O) groups is 1. The van der Waals surface area contributed by atoms with E-state index in [9.17, 15) is 9.59 Å². The molecule has 0 aliphatic carbocycles. The van der Waals surface area contributed by atoms with Gasteiger partial charge in [0.05, 0.1) is 24.2 Å². The molecule has 2 heterocycles. The zero-order valence-electron chi connectivity index (χ0n) is 12.4. The van der Waals surface area contributed by atoms with E-state index in [2.05, 4.69) is 15.1 Å². The maximum atomic E-state index is 12.1. The van der Waals surface area contributed by atoms with Gasteiger partial charge in [0.25, 0.3) is 5.56 Å². The third-order valence-corrected chi connectivity index (χ3v) is 3.90. The number of aromatic amines is 1.